The highest BCUT2D eigenvalue weighted by molar-refractivity contribution is 7.89. The molecule has 3 aliphatic rings. The molecule has 1 aromatic carbocycles. The monoisotopic (exact) mass is 396 g/mol. The van der Waals surface area contributed by atoms with Crippen molar-refractivity contribution in [3.63, 3.8) is 0 Å². The number of ether oxygens (including phenoxy) is 1. The summed E-state index contributed by atoms with van der Waals surface area (Å²) in [4.78, 5) is 13.8. The first-order valence-corrected chi connectivity index (χ1v) is 9.29. The van der Waals surface area contributed by atoms with Crippen LogP contribution in [0, 0.1) is 11.6 Å². The van der Waals surface area contributed by atoms with Crippen LogP contribution in [0.1, 0.15) is 5.56 Å². The lowest BCUT2D eigenvalue weighted by molar-refractivity contribution is 0.357. The van der Waals surface area contributed by atoms with E-state index < -0.39 is 32.7 Å². The lowest BCUT2D eigenvalue weighted by Gasteiger charge is -2.24. The molecule has 4 rings (SSSR count). The van der Waals surface area contributed by atoms with E-state index in [1.807, 2.05) is 0 Å². The summed E-state index contributed by atoms with van der Waals surface area (Å²) in [5.74, 6) is -2.01. The quantitative estimate of drug-likeness (QED) is 0.748. The average molecular weight is 396 g/mol. The summed E-state index contributed by atoms with van der Waals surface area (Å²) in [7, 11) is -2.76. The fraction of sp³-hybridized carbons (Fsp3) is 0.267. The van der Waals surface area contributed by atoms with Crippen molar-refractivity contribution < 1.29 is 21.9 Å². The molecular weight excluding hydrogens is 382 g/mol. The highest BCUT2D eigenvalue weighted by Gasteiger charge is 2.36. The minimum absolute atomic E-state index is 0.159. The zero-order valence-corrected chi connectivity index (χ0v) is 14.8. The van der Waals surface area contributed by atoms with Gasteiger partial charge >= 0.3 is 0 Å². The SMILES string of the molecule is COC1=NC2N=CC3=NCN(Cc4c(F)cc(S(N)(=O)=O)cc4F)C3=C2N1. The molecule has 27 heavy (non-hydrogen) atoms. The number of amidine groups is 1. The van der Waals surface area contributed by atoms with Gasteiger partial charge in [-0.2, -0.15) is 0 Å². The Morgan fingerprint density at radius 3 is 2.70 bits per heavy atom. The zero-order chi connectivity index (χ0) is 19.3. The molecule has 0 aliphatic carbocycles. The van der Waals surface area contributed by atoms with Crippen LogP contribution in [0.4, 0.5) is 8.78 Å². The third kappa shape index (κ3) is 2.96. The predicted molar refractivity (Wildman–Crippen MR) is 92.5 cm³/mol. The fourth-order valence-corrected chi connectivity index (χ4v) is 3.55. The summed E-state index contributed by atoms with van der Waals surface area (Å²) in [6.45, 7) is -0.00826. The number of methoxy groups -OCH3 is 1. The number of aliphatic imine (C=N–C) groups is 3. The van der Waals surface area contributed by atoms with Crippen LogP contribution in [-0.4, -0.2) is 51.2 Å². The van der Waals surface area contributed by atoms with E-state index in [1.54, 1.807) is 11.1 Å². The van der Waals surface area contributed by atoms with Crippen LogP contribution in [0.2, 0.25) is 0 Å². The van der Waals surface area contributed by atoms with Crippen LogP contribution in [-0.2, 0) is 21.3 Å². The number of hydrogen-bond acceptors (Lipinski definition) is 8. The normalized spacial score (nSPS) is 20.9. The third-order valence-electron chi connectivity index (χ3n) is 4.29. The van der Waals surface area contributed by atoms with Gasteiger partial charge in [0.25, 0.3) is 6.02 Å². The molecule has 0 fully saturated rings. The summed E-state index contributed by atoms with van der Waals surface area (Å²) < 4.78 is 56.5. The minimum atomic E-state index is -4.21. The van der Waals surface area contributed by atoms with Crippen molar-refractivity contribution in [3.05, 3.63) is 40.7 Å². The molecule has 0 saturated carbocycles. The number of nitrogens with one attached hydrogen (secondary N) is 1. The van der Waals surface area contributed by atoms with Crippen molar-refractivity contribution in [2.45, 2.75) is 17.6 Å². The van der Waals surface area contributed by atoms with Crippen molar-refractivity contribution in [2.75, 3.05) is 13.8 Å². The maximum atomic E-state index is 14.4. The molecule has 1 aromatic rings. The predicted octanol–water partition coefficient (Wildman–Crippen LogP) is 0.0540. The Bertz CT molecular complexity index is 1040. The highest BCUT2D eigenvalue weighted by atomic mass is 32.2. The number of halogens is 2. The molecule has 9 nitrogen and oxygen atoms in total. The van der Waals surface area contributed by atoms with Gasteiger partial charge in [-0.25, -0.2) is 27.3 Å². The van der Waals surface area contributed by atoms with E-state index in [4.69, 9.17) is 9.88 Å². The van der Waals surface area contributed by atoms with Gasteiger partial charge in [-0.15, -0.1) is 0 Å². The standard InChI is InChI=1S/C15H14F2N6O3S/c1-26-15-21-12-13-11(4-19-14(12)22-15)20-6-23(13)5-8-9(16)2-7(3-10(8)17)27(18,24)25/h2-4,14H,5-6H2,1H3,(H,21,22)(H2,18,24,25). The van der Waals surface area contributed by atoms with E-state index in [-0.39, 0.29) is 24.8 Å². The van der Waals surface area contributed by atoms with Gasteiger partial charge in [0.2, 0.25) is 10.0 Å². The molecule has 3 heterocycles. The van der Waals surface area contributed by atoms with Crippen LogP contribution in [0.3, 0.4) is 0 Å². The molecule has 12 heteroatoms. The van der Waals surface area contributed by atoms with Crippen LogP contribution in [0.5, 0.6) is 0 Å². The number of rotatable bonds is 3. The number of fused-ring (bicyclic) bond motifs is 2. The van der Waals surface area contributed by atoms with E-state index in [1.165, 1.54) is 7.11 Å². The molecule has 0 saturated heterocycles. The van der Waals surface area contributed by atoms with Crippen LogP contribution in [0.25, 0.3) is 0 Å². The summed E-state index contributed by atoms with van der Waals surface area (Å²) in [6.07, 6.45) is 1.01. The molecule has 142 valence electrons. The lowest BCUT2D eigenvalue weighted by Crippen LogP contribution is -2.32. The second kappa shape index (κ2) is 6.09. The topological polar surface area (TPSA) is 122 Å². The van der Waals surface area contributed by atoms with Crippen molar-refractivity contribution in [3.8, 4) is 0 Å². The van der Waals surface area contributed by atoms with Crippen molar-refractivity contribution in [1.29, 1.82) is 0 Å². The Morgan fingerprint density at radius 1 is 1.37 bits per heavy atom. The molecule has 0 aromatic heterocycles. The van der Waals surface area contributed by atoms with Gasteiger partial charge in [-0.1, -0.05) is 0 Å². The maximum Gasteiger partial charge on any atom is 0.291 e. The average Bonchev–Trinajstić information content (AvgIpc) is 3.20. The molecule has 0 bridgehead atoms. The largest absolute Gasteiger partial charge is 0.468 e. The van der Waals surface area contributed by atoms with Crippen molar-refractivity contribution >= 4 is 28.0 Å². The van der Waals surface area contributed by atoms with Gasteiger partial charge in [0.05, 0.1) is 36.2 Å². The van der Waals surface area contributed by atoms with E-state index in [2.05, 4.69) is 20.3 Å². The molecule has 1 unspecified atom stereocenters. The summed E-state index contributed by atoms with van der Waals surface area (Å²) >= 11 is 0. The van der Waals surface area contributed by atoms with E-state index >= 15 is 0 Å². The Kier molecular flexibility index (Phi) is 3.96. The molecule has 0 radical (unpaired) electrons. The van der Waals surface area contributed by atoms with E-state index in [9.17, 15) is 17.2 Å². The molecule has 0 spiro atoms. The van der Waals surface area contributed by atoms with Crippen LogP contribution >= 0.6 is 0 Å². The van der Waals surface area contributed by atoms with Crippen LogP contribution in [0.15, 0.2) is 43.4 Å². The van der Waals surface area contributed by atoms with Gasteiger partial charge in [0.15, 0.2) is 6.17 Å². The molecule has 3 N–H and O–H groups in total. The highest BCUT2D eigenvalue weighted by Crippen LogP contribution is 2.30. The number of primary sulfonamides is 1. The first-order chi connectivity index (χ1) is 12.8. The zero-order valence-electron chi connectivity index (χ0n) is 14.0. The van der Waals surface area contributed by atoms with Gasteiger partial charge < -0.3 is 15.0 Å². The second-order valence-corrected chi connectivity index (χ2v) is 7.53. The lowest BCUT2D eigenvalue weighted by atomic mass is 10.1. The van der Waals surface area contributed by atoms with Gasteiger partial charge in [0.1, 0.15) is 24.0 Å². The Labute approximate surface area is 153 Å². The minimum Gasteiger partial charge on any atom is -0.468 e. The first-order valence-electron chi connectivity index (χ1n) is 7.74. The van der Waals surface area contributed by atoms with Crippen LogP contribution < -0.4 is 10.5 Å². The molecule has 3 aliphatic heterocycles. The number of nitrogens with two attached hydrogens (primary N) is 1. The smallest absolute Gasteiger partial charge is 0.291 e. The number of dihydropyridines is 1. The van der Waals surface area contributed by atoms with E-state index in [0.717, 1.165) is 0 Å². The summed E-state index contributed by atoms with van der Waals surface area (Å²) in [5.41, 5.74) is 1.48. The Balaban J connectivity index is 1.67. The first kappa shape index (κ1) is 17.5. The number of sulfonamides is 1. The number of nitrogens with zero attached hydrogens (tertiary/aromatic N) is 4. The maximum absolute atomic E-state index is 14.4. The number of hydrogen-bond donors (Lipinski definition) is 2. The van der Waals surface area contributed by atoms with Crippen molar-refractivity contribution in [1.82, 2.24) is 10.2 Å². The van der Waals surface area contributed by atoms with Gasteiger partial charge in [-0.3, -0.25) is 9.98 Å². The molecule has 0 amide bonds. The van der Waals surface area contributed by atoms with Gasteiger partial charge in [0, 0.05) is 5.56 Å². The third-order valence-corrected chi connectivity index (χ3v) is 5.18. The Hall–Kier alpha value is -2.86. The van der Waals surface area contributed by atoms with Crippen molar-refractivity contribution in [2.24, 2.45) is 20.1 Å². The molecule has 1 atom stereocenters. The fourth-order valence-electron chi connectivity index (χ4n) is 3.02. The Morgan fingerprint density at radius 2 is 2.07 bits per heavy atom. The van der Waals surface area contributed by atoms with Gasteiger partial charge in [-0.05, 0) is 12.1 Å². The van der Waals surface area contributed by atoms with E-state index in [0.29, 0.717) is 29.2 Å². The second-order valence-electron chi connectivity index (χ2n) is 5.97. The summed E-state index contributed by atoms with van der Waals surface area (Å²) in [6, 6.07) is 1.69. The summed E-state index contributed by atoms with van der Waals surface area (Å²) in [5, 5.41) is 7.91. The number of benzene rings is 1. The molecular formula is C15H14F2N6O3S. The number of allylic oxidation sites excluding steroid dienone is 1.